The first-order chi connectivity index (χ1) is 10.3. The molecule has 1 aromatic heterocycles. The van der Waals surface area contributed by atoms with Crippen molar-refractivity contribution < 1.29 is 13.2 Å². The Morgan fingerprint density at radius 2 is 2.18 bits per heavy atom. The van der Waals surface area contributed by atoms with Crippen molar-refractivity contribution in [3.63, 3.8) is 0 Å². The van der Waals surface area contributed by atoms with Crippen LogP contribution in [0.1, 0.15) is 37.0 Å². The zero-order valence-corrected chi connectivity index (χ0v) is 15.1. The van der Waals surface area contributed by atoms with Crippen LogP contribution in [0.3, 0.4) is 0 Å². The summed E-state index contributed by atoms with van der Waals surface area (Å²) in [5, 5.41) is 8.40. The number of carbonyl (C=O) groups excluding carboxylic acids is 1. The first-order valence-electron chi connectivity index (χ1n) is 7.16. The zero-order valence-electron chi connectivity index (χ0n) is 13.4. The molecule has 0 unspecified atom stereocenters. The fourth-order valence-electron chi connectivity index (χ4n) is 1.76. The van der Waals surface area contributed by atoms with E-state index in [4.69, 9.17) is 0 Å². The molecule has 0 saturated carbocycles. The van der Waals surface area contributed by atoms with E-state index in [0.29, 0.717) is 19.5 Å². The molecule has 0 aliphatic heterocycles. The number of nitrogens with one attached hydrogen (secondary N) is 2. The number of rotatable bonds is 8. The van der Waals surface area contributed by atoms with E-state index in [0.717, 1.165) is 10.7 Å². The van der Waals surface area contributed by atoms with E-state index < -0.39 is 10.0 Å². The van der Waals surface area contributed by atoms with Gasteiger partial charge < -0.3 is 10.6 Å². The van der Waals surface area contributed by atoms with Crippen LogP contribution in [-0.4, -0.2) is 49.6 Å². The number of hydrogen-bond acceptors (Lipinski definition) is 5. The summed E-state index contributed by atoms with van der Waals surface area (Å²) in [5.74, 6) is 0.0853. The highest BCUT2D eigenvalue weighted by molar-refractivity contribution is 7.89. The van der Waals surface area contributed by atoms with Crippen molar-refractivity contribution in [1.82, 2.24) is 19.9 Å². The maximum Gasteiger partial charge on any atom is 0.315 e. The lowest BCUT2D eigenvalue weighted by Gasteiger charge is -2.16. The number of nitrogens with zero attached hydrogens (tertiary/aromatic N) is 2. The molecule has 0 aliphatic rings. The van der Waals surface area contributed by atoms with Crippen LogP contribution in [0.5, 0.6) is 0 Å². The lowest BCUT2D eigenvalue weighted by molar-refractivity contribution is 0.237. The Balaban J connectivity index is 2.26. The molecule has 1 atom stereocenters. The van der Waals surface area contributed by atoms with Crippen LogP contribution in [0, 0.1) is 6.92 Å². The molecule has 0 radical (unpaired) electrons. The molecule has 0 aromatic carbocycles. The third kappa shape index (κ3) is 5.90. The van der Waals surface area contributed by atoms with Crippen molar-refractivity contribution in [2.24, 2.45) is 0 Å². The summed E-state index contributed by atoms with van der Waals surface area (Å²) in [6.07, 6.45) is 0.563. The minimum Gasteiger partial charge on any atom is -0.338 e. The Labute approximate surface area is 136 Å². The van der Waals surface area contributed by atoms with Crippen molar-refractivity contribution in [3.8, 4) is 0 Å². The van der Waals surface area contributed by atoms with E-state index in [-0.39, 0.29) is 17.8 Å². The van der Waals surface area contributed by atoms with E-state index >= 15 is 0 Å². The average Bonchev–Trinajstić information content (AvgIpc) is 2.90. The van der Waals surface area contributed by atoms with Crippen LogP contribution in [0.15, 0.2) is 5.38 Å². The van der Waals surface area contributed by atoms with Crippen LogP contribution < -0.4 is 10.6 Å². The predicted octanol–water partition coefficient (Wildman–Crippen LogP) is 1.48. The second-order valence-corrected chi connectivity index (χ2v) is 8.42. The normalized spacial score (nSPS) is 13.1. The third-order valence-electron chi connectivity index (χ3n) is 3.20. The van der Waals surface area contributed by atoms with Crippen molar-refractivity contribution in [3.05, 3.63) is 16.1 Å². The van der Waals surface area contributed by atoms with Gasteiger partial charge in [0.05, 0.1) is 22.5 Å². The smallest absolute Gasteiger partial charge is 0.315 e. The van der Waals surface area contributed by atoms with E-state index in [1.807, 2.05) is 19.2 Å². The highest BCUT2D eigenvalue weighted by atomic mass is 32.2. The minimum atomic E-state index is -3.15. The van der Waals surface area contributed by atoms with Gasteiger partial charge in [-0.05, 0) is 27.2 Å². The van der Waals surface area contributed by atoms with Gasteiger partial charge in [-0.1, -0.05) is 0 Å². The maximum absolute atomic E-state index is 11.8. The molecule has 2 N–H and O–H groups in total. The lowest BCUT2D eigenvalue weighted by atomic mass is 10.3. The second-order valence-electron chi connectivity index (χ2n) is 4.99. The molecule has 0 spiro atoms. The number of carbonyl (C=O) groups is 1. The molecular weight excluding hydrogens is 324 g/mol. The average molecular weight is 348 g/mol. The third-order valence-corrected chi connectivity index (χ3v) is 5.86. The van der Waals surface area contributed by atoms with Gasteiger partial charge in [0.1, 0.15) is 0 Å². The monoisotopic (exact) mass is 348 g/mol. The fraction of sp³-hybridized carbons (Fsp3) is 0.692. The van der Waals surface area contributed by atoms with E-state index in [9.17, 15) is 13.2 Å². The van der Waals surface area contributed by atoms with E-state index in [1.54, 1.807) is 25.3 Å². The number of aryl methyl sites for hydroxylation is 1. The molecule has 2 amide bonds. The summed E-state index contributed by atoms with van der Waals surface area (Å²) in [6.45, 7) is 6.20. The molecule has 22 heavy (non-hydrogen) atoms. The standard InChI is InChI=1S/C13H24N4O3S2/c1-5-22(19,20)17(4)8-6-7-14-13(18)15-10(2)12-9-21-11(3)16-12/h9-10H,5-8H2,1-4H3,(H2,14,15,18)/t10-/m0/s1. The predicted molar refractivity (Wildman–Crippen MR) is 88.5 cm³/mol. The molecule has 126 valence electrons. The molecular formula is C13H24N4O3S2. The number of thiazole rings is 1. The summed E-state index contributed by atoms with van der Waals surface area (Å²) in [7, 11) is -1.61. The van der Waals surface area contributed by atoms with Gasteiger partial charge in [-0.2, -0.15) is 0 Å². The van der Waals surface area contributed by atoms with Crippen LogP contribution >= 0.6 is 11.3 Å². The summed E-state index contributed by atoms with van der Waals surface area (Å²) in [4.78, 5) is 16.1. The minimum absolute atomic E-state index is 0.0853. The highest BCUT2D eigenvalue weighted by Crippen LogP contribution is 2.15. The first-order valence-corrected chi connectivity index (χ1v) is 9.65. The van der Waals surface area contributed by atoms with Gasteiger partial charge in [-0.15, -0.1) is 11.3 Å². The number of hydrogen-bond donors (Lipinski definition) is 2. The van der Waals surface area contributed by atoms with Gasteiger partial charge >= 0.3 is 6.03 Å². The Morgan fingerprint density at radius 1 is 1.50 bits per heavy atom. The summed E-state index contributed by atoms with van der Waals surface area (Å²) < 4.78 is 24.4. The zero-order chi connectivity index (χ0) is 16.8. The quantitative estimate of drug-likeness (QED) is 0.696. The Kier molecular flexibility index (Phi) is 7.24. The van der Waals surface area contributed by atoms with Gasteiger partial charge in [0.2, 0.25) is 10.0 Å². The molecule has 7 nitrogen and oxygen atoms in total. The van der Waals surface area contributed by atoms with Crippen LogP contribution in [0.2, 0.25) is 0 Å². The summed E-state index contributed by atoms with van der Waals surface area (Å²) in [6, 6.07) is -0.438. The van der Waals surface area contributed by atoms with Crippen LogP contribution in [-0.2, 0) is 10.0 Å². The van der Waals surface area contributed by atoms with Crippen LogP contribution in [0.25, 0.3) is 0 Å². The van der Waals surface area contributed by atoms with Crippen molar-refractivity contribution in [1.29, 1.82) is 0 Å². The number of amides is 2. The first kappa shape index (κ1) is 18.9. The molecule has 1 aromatic rings. The van der Waals surface area contributed by atoms with Gasteiger partial charge in [0.25, 0.3) is 0 Å². The largest absolute Gasteiger partial charge is 0.338 e. The maximum atomic E-state index is 11.8. The Morgan fingerprint density at radius 3 is 2.73 bits per heavy atom. The molecule has 1 heterocycles. The topological polar surface area (TPSA) is 91.4 Å². The molecule has 0 saturated heterocycles. The van der Waals surface area contributed by atoms with Gasteiger partial charge in [-0.25, -0.2) is 22.5 Å². The lowest BCUT2D eigenvalue weighted by Crippen LogP contribution is -2.39. The molecule has 1 rings (SSSR count). The summed E-state index contributed by atoms with van der Waals surface area (Å²) in [5.41, 5.74) is 0.839. The molecule has 0 fully saturated rings. The Hall–Kier alpha value is -1.19. The molecule has 0 bridgehead atoms. The second kappa shape index (κ2) is 8.44. The van der Waals surface area contributed by atoms with Crippen LogP contribution in [0.4, 0.5) is 4.79 Å². The van der Waals surface area contributed by atoms with E-state index in [1.165, 1.54) is 4.31 Å². The molecule has 9 heteroatoms. The number of urea groups is 1. The molecule has 0 aliphatic carbocycles. The fourth-order valence-corrected chi connectivity index (χ4v) is 3.32. The number of aromatic nitrogens is 1. The highest BCUT2D eigenvalue weighted by Gasteiger charge is 2.15. The SMILES string of the molecule is CCS(=O)(=O)N(C)CCCNC(=O)N[C@@H](C)c1csc(C)n1. The van der Waals surface area contributed by atoms with Crippen molar-refractivity contribution >= 4 is 27.4 Å². The van der Waals surface area contributed by atoms with Crippen molar-refractivity contribution in [2.45, 2.75) is 33.2 Å². The van der Waals surface area contributed by atoms with Gasteiger partial charge in [-0.3, -0.25) is 0 Å². The number of sulfonamides is 1. The van der Waals surface area contributed by atoms with Crippen molar-refractivity contribution in [2.75, 3.05) is 25.9 Å². The summed E-state index contributed by atoms with van der Waals surface area (Å²) >= 11 is 1.54. The van der Waals surface area contributed by atoms with E-state index in [2.05, 4.69) is 15.6 Å². The Bertz CT molecular complexity index is 586. The van der Waals surface area contributed by atoms with Gasteiger partial charge in [0.15, 0.2) is 0 Å². The van der Waals surface area contributed by atoms with Gasteiger partial charge in [0, 0.05) is 25.5 Å².